The van der Waals surface area contributed by atoms with Crippen LogP contribution in [0.25, 0.3) is 0 Å². The summed E-state index contributed by atoms with van der Waals surface area (Å²) >= 11 is 0. The molecule has 0 bridgehead atoms. The number of rotatable bonds is 6. The van der Waals surface area contributed by atoms with Gasteiger partial charge in [-0.3, -0.25) is 10.1 Å². The lowest BCUT2D eigenvalue weighted by Crippen LogP contribution is -2.15. The molecule has 2 heterocycles. The topological polar surface area (TPSA) is 118 Å². The van der Waals surface area contributed by atoms with E-state index in [1.54, 1.807) is 42.5 Å². The molecule has 10 heteroatoms. The molecule has 0 aliphatic carbocycles. The van der Waals surface area contributed by atoms with Gasteiger partial charge in [-0.25, -0.2) is 4.98 Å². The van der Waals surface area contributed by atoms with Gasteiger partial charge in [0.1, 0.15) is 19.5 Å². The number of hydrogen-bond donors (Lipinski definition) is 1. The average Bonchev–Trinajstić information content (AvgIpc) is 2.74. The van der Waals surface area contributed by atoms with Gasteiger partial charge in [-0.05, 0) is 24.3 Å². The zero-order chi connectivity index (χ0) is 20.2. The SMILES string of the molecule is COc1ccccc1Oc1ncnc(Nc2ccc3c(c2)OCCO3)c1[N+](=O)[O-]. The fraction of sp³-hybridized carbons (Fsp3) is 0.158. The van der Waals surface area contributed by atoms with Crippen molar-refractivity contribution >= 4 is 17.2 Å². The highest BCUT2D eigenvalue weighted by Gasteiger charge is 2.26. The van der Waals surface area contributed by atoms with Crippen molar-refractivity contribution in [1.29, 1.82) is 0 Å². The molecule has 4 rings (SSSR count). The third-order valence-electron chi connectivity index (χ3n) is 4.05. The molecule has 0 radical (unpaired) electrons. The number of benzene rings is 2. The van der Waals surface area contributed by atoms with Gasteiger partial charge in [0.25, 0.3) is 0 Å². The number of fused-ring (bicyclic) bond motifs is 1. The van der Waals surface area contributed by atoms with E-state index in [9.17, 15) is 10.1 Å². The predicted octanol–water partition coefficient (Wildman–Crippen LogP) is 3.70. The first-order valence-electron chi connectivity index (χ1n) is 8.62. The Morgan fingerprint density at radius 3 is 2.59 bits per heavy atom. The van der Waals surface area contributed by atoms with E-state index in [2.05, 4.69) is 15.3 Å². The summed E-state index contributed by atoms with van der Waals surface area (Å²) in [4.78, 5) is 19.1. The maximum absolute atomic E-state index is 11.7. The summed E-state index contributed by atoms with van der Waals surface area (Å²) < 4.78 is 21.9. The molecule has 0 saturated heterocycles. The highest BCUT2D eigenvalue weighted by atomic mass is 16.6. The standard InChI is InChI=1S/C19H16N4O6/c1-26-13-4-2-3-5-15(13)29-19-17(23(24)25)18(20-11-21-19)22-12-6-7-14-16(10-12)28-9-8-27-14/h2-7,10-11H,8-9H2,1H3,(H,20,21,22). The summed E-state index contributed by atoms with van der Waals surface area (Å²) in [5, 5.41) is 14.7. The highest BCUT2D eigenvalue weighted by molar-refractivity contribution is 5.70. The van der Waals surface area contributed by atoms with Gasteiger partial charge >= 0.3 is 11.6 Å². The van der Waals surface area contributed by atoms with Crippen molar-refractivity contribution in [2.45, 2.75) is 0 Å². The zero-order valence-electron chi connectivity index (χ0n) is 15.3. The molecule has 1 aliphatic rings. The van der Waals surface area contributed by atoms with Crippen LogP contribution in [0.3, 0.4) is 0 Å². The third kappa shape index (κ3) is 3.81. The minimum atomic E-state index is -0.606. The van der Waals surface area contributed by atoms with Crippen molar-refractivity contribution in [2.24, 2.45) is 0 Å². The van der Waals surface area contributed by atoms with Crippen molar-refractivity contribution in [3.05, 3.63) is 58.9 Å². The van der Waals surface area contributed by atoms with Crippen molar-refractivity contribution in [3.63, 3.8) is 0 Å². The van der Waals surface area contributed by atoms with Crippen LogP contribution in [0.1, 0.15) is 0 Å². The summed E-state index contributed by atoms with van der Waals surface area (Å²) in [6.07, 6.45) is 1.18. The highest BCUT2D eigenvalue weighted by Crippen LogP contribution is 2.39. The van der Waals surface area contributed by atoms with E-state index >= 15 is 0 Å². The maximum Gasteiger partial charge on any atom is 0.373 e. The molecule has 10 nitrogen and oxygen atoms in total. The summed E-state index contributed by atoms with van der Waals surface area (Å²) in [5.74, 6) is 1.63. The number of ether oxygens (including phenoxy) is 4. The van der Waals surface area contributed by atoms with Crippen molar-refractivity contribution in [1.82, 2.24) is 9.97 Å². The van der Waals surface area contributed by atoms with Gasteiger partial charge in [0.05, 0.1) is 12.0 Å². The van der Waals surface area contributed by atoms with Gasteiger partial charge in [-0.15, -0.1) is 0 Å². The Labute approximate surface area is 165 Å². The first kappa shape index (κ1) is 18.3. The maximum atomic E-state index is 11.7. The molecule has 1 aliphatic heterocycles. The van der Waals surface area contributed by atoms with Crippen LogP contribution < -0.4 is 24.3 Å². The van der Waals surface area contributed by atoms with Gasteiger partial charge in [0.15, 0.2) is 23.0 Å². The molecule has 0 amide bonds. The van der Waals surface area contributed by atoms with Crippen LogP contribution in [0.5, 0.6) is 28.9 Å². The molecule has 0 unspecified atom stereocenters. The Morgan fingerprint density at radius 1 is 1.07 bits per heavy atom. The summed E-state index contributed by atoms with van der Waals surface area (Å²) in [7, 11) is 1.48. The van der Waals surface area contributed by atoms with Crippen molar-refractivity contribution in [2.75, 3.05) is 25.6 Å². The molecule has 0 fully saturated rings. The molecule has 0 saturated carbocycles. The van der Waals surface area contributed by atoms with Gasteiger partial charge in [-0.1, -0.05) is 12.1 Å². The quantitative estimate of drug-likeness (QED) is 0.491. The van der Waals surface area contributed by atoms with Crippen LogP contribution in [-0.4, -0.2) is 35.2 Å². The van der Waals surface area contributed by atoms with Crippen molar-refractivity contribution in [3.8, 4) is 28.9 Å². The minimum Gasteiger partial charge on any atom is -0.493 e. The van der Waals surface area contributed by atoms with Crippen LogP contribution in [0, 0.1) is 10.1 Å². The number of nitrogens with zero attached hydrogens (tertiary/aromatic N) is 3. The Balaban J connectivity index is 1.67. The molecular weight excluding hydrogens is 380 g/mol. The Morgan fingerprint density at radius 2 is 1.83 bits per heavy atom. The van der Waals surface area contributed by atoms with Crippen LogP contribution in [0.4, 0.5) is 17.2 Å². The van der Waals surface area contributed by atoms with Crippen molar-refractivity contribution < 1.29 is 23.9 Å². The van der Waals surface area contributed by atoms with Gasteiger partial charge < -0.3 is 24.3 Å². The second kappa shape index (κ2) is 7.89. The lowest BCUT2D eigenvalue weighted by Gasteiger charge is -2.19. The lowest BCUT2D eigenvalue weighted by atomic mass is 10.2. The van der Waals surface area contributed by atoms with Crippen LogP contribution in [0.2, 0.25) is 0 Å². The van der Waals surface area contributed by atoms with Crippen LogP contribution in [0.15, 0.2) is 48.8 Å². The molecule has 1 aromatic heterocycles. The van der Waals surface area contributed by atoms with E-state index in [1.165, 1.54) is 13.4 Å². The number of anilines is 2. The minimum absolute atomic E-state index is 0.0217. The summed E-state index contributed by atoms with van der Waals surface area (Å²) in [5.41, 5.74) is 0.132. The summed E-state index contributed by atoms with van der Waals surface area (Å²) in [6.45, 7) is 0.905. The second-order valence-corrected chi connectivity index (χ2v) is 5.87. The number of methoxy groups -OCH3 is 1. The van der Waals surface area contributed by atoms with E-state index in [1.807, 2.05) is 0 Å². The fourth-order valence-corrected chi connectivity index (χ4v) is 2.76. The predicted molar refractivity (Wildman–Crippen MR) is 102 cm³/mol. The van der Waals surface area contributed by atoms with Crippen LogP contribution >= 0.6 is 0 Å². The van der Waals surface area contributed by atoms with E-state index in [4.69, 9.17) is 18.9 Å². The van der Waals surface area contributed by atoms with E-state index < -0.39 is 10.6 Å². The molecule has 0 spiro atoms. The van der Waals surface area contributed by atoms with Gasteiger partial charge in [-0.2, -0.15) is 4.98 Å². The summed E-state index contributed by atoms with van der Waals surface area (Å²) in [6, 6.07) is 11.9. The normalized spacial score (nSPS) is 12.2. The Kier molecular flexibility index (Phi) is 4.97. The molecule has 2 aromatic carbocycles. The van der Waals surface area contributed by atoms with E-state index in [0.717, 1.165) is 0 Å². The fourth-order valence-electron chi connectivity index (χ4n) is 2.76. The molecule has 148 valence electrons. The number of hydrogen-bond acceptors (Lipinski definition) is 9. The van der Waals surface area contributed by atoms with E-state index in [-0.39, 0.29) is 11.7 Å². The smallest absolute Gasteiger partial charge is 0.373 e. The van der Waals surface area contributed by atoms with Gasteiger partial charge in [0.2, 0.25) is 5.82 Å². The Bertz CT molecular complexity index is 1060. The monoisotopic (exact) mass is 396 g/mol. The first-order chi connectivity index (χ1) is 14.2. The Hall–Kier alpha value is -4.08. The molecule has 1 N–H and O–H groups in total. The third-order valence-corrected chi connectivity index (χ3v) is 4.05. The van der Waals surface area contributed by atoms with E-state index in [0.29, 0.717) is 41.9 Å². The first-order valence-corrected chi connectivity index (χ1v) is 8.62. The number of nitro groups is 1. The molecular formula is C19H16N4O6. The molecule has 3 aromatic rings. The number of para-hydroxylation sites is 2. The zero-order valence-corrected chi connectivity index (χ0v) is 15.3. The number of nitrogens with one attached hydrogen (secondary N) is 1. The average molecular weight is 396 g/mol. The lowest BCUT2D eigenvalue weighted by molar-refractivity contribution is -0.385. The second-order valence-electron chi connectivity index (χ2n) is 5.87. The molecule has 29 heavy (non-hydrogen) atoms. The van der Waals surface area contributed by atoms with Crippen LogP contribution in [-0.2, 0) is 0 Å². The molecule has 0 atom stereocenters. The largest absolute Gasteiger partial charge is 0.493 e. The van der Waals surface area contributed by atoms with Gasteiger partial charge in [0, 0.05) is 11.8 Å². The number of aromatic nitrogens is 2.